The van der Waals surface area contributed by atoms with E-state index in [1.807, 2.05) is 27.7 Å². The van der Waals surface area contributed by atoms with Gasteiger partial charge in [-0.25, -0.2) is 0 Å². The van der Waals surface area contributed by atoms with Gasteiger partial charge in [-0.3, -0.25) is 4.79 Å². The number of hydrogen-bond donors (Lipinski definition) is 2. The summed E-state index contributed by atoms with van der Waals surface area (Å²) in [6.45, 7) is 9.39. The van der Waals surface area contributed by atoms with Crippen LogP contribution in [0.15, 0.2) is 0 Å². The highest BCUT2D eigenvalue weighted by Gasteiger charge is 2.15. The van der Waals surface area contributed by atoms with Gasteiger partial charge in [0.05, 0.1) is 17.5 Å². The van der Waals surface area contributed by atoms with Gasteiger partial charge in [-0.2, -0.15) is 5.26 Å². The summed E-state index contributed by atoms with van der Waals surface area (Å²) in [6.07, 6.45) is 3.87. The normalized spacial score (nSPS) is 12.8. The summed E-state index contributed by atoms with van der Waals surface area (Å²) >= 11 is 0. The topological polar surface area (TPSA) is 64.9 Å². The van der Waals surface area contributed by atoms with E-state index in [0.29, 0.717) is 0 Å². The van der Waals surface area contributed by atoms with E-state index >= 15 is 0 Å². The van der Waals surface area contributed by atoms with Gasteiger partial charge in [-0.15, -0.1) is 0 Å². The molecule has 4 heteroatoms. The predicted octanol–water partition coefficient (Wildman–Crippen LogP) is 2.21. The molecule has 0 spiro atoms. The molecule has 0 saturated carbocycles. The number of amides is 1. The van der Waals surface area contributed by atoms with Gasteiger partial charge in [-0.05, 0) is 46.6 Å². The maximum atomic E-state index is 11.6. The molecule has 1 atom stereocenters. The second-order valence-electron chi connectivity index (χ2n) is 5.42. The van der Waals surface area contributed by atoms with E-state index in [0.717, 1.165) is 38.8 Å². The monoisotopic (exact) mass is 253 g/mol. The van der Waals surface area contributed by atoms with E-state index in [1.54, 1.807) is 0 Å². The Morgan fingerprint density at radius 2 is 2.00 bits per heavy atom. The third-order valence-corrected chi connectivity index (χ3v) is 2.92. The lowest BCUT2D eigenvalue weighted by molar-refractivity contribution is -0.122. The van der Waals surface area contributed by atoms with Crippen LogP contribution in [0.3, 0.4) is 0 Å². The number of carbonyl (C=O) groups excluding carboxylic acids is 1. The molecule has 18 heavy (non-hydrogen) atoms. The number of carbonyl (C=O) groups is 1. The molecule has 1 unspecified atom stereocenters. The average molecular weight is 253 g/mol. The first-order chi connectivity index (χ1) is 8.43. The molecule has 2 N–H and O–H groups in total. The van der Waals surface area contributed by atoms with Gasteiger partial charge in [0.2, 0.25) is 5.91 Å². The smallest absolute Gasteiger partial charge is 0.236 e. The van der Waals surface area contributed by atoms with Crippen LogP contribution in [0.1, 0.15) is 53.4 Å². The van der Waals surface area contributed by atoms with Crippen molar-refractivity contribution in [1.29, 1.82) is 5.26 Å². The Bertz CT molecular complexity index is 281. The second-order valence-corrected chi connectivity index (χ2v) is 5.42. The Hall–Kier alpha value is -1.08. The molecule has 0 aliphatic carbocycles. The lowest BCUT2D eigenvalue weighted by Gasteiger charge is -2.16. The van der Waals surface area contributed by atoms with E-state index in [9.17, 15) is 4.79 Å². The molecule has 0 aromatic carbocycles. The number of nitrogens with one attached hydrogen (secondary N) is 2. The van der Waals surface area contributed by atoms with Crippen molar-refractivity contribution in [1.82, 2.24) is 10.6 Å². The minimum atomic E-state index is -0.232. The Balaban J connectivity index is 3.61. The zero-order valence-corrected chi connectivity index (χ0v) is 12.2. The molecule has 1 amide bonds. The Morgan fingerprint density at radius 3 is 2.56 bits per heavy atom. The van der Waals surface area contributed by atoms with Crippen molar-refractivity contribution in [3.63, 3.8) is 0 Å². The highest BCUT2D eigenvalue weighted by atomic mass is 16.2. The number of rotatable bonds is 9. The molecule has 0 bridgehead atoms. The number of unbranched alkanes of at least 4 members (excludes halogenated alkanes) is 1. The number of nitriles is 1. The van der Waals surface area contributed by atoms with Crippen LogP contribution < -0.4 is 10.6 Å². The fourth-order valence-corrected chi connectivity index (χ4v) is 1.56. The van der Waals surface area contributed by atoms with E-state index in [-0.39, 0.29) is 17.4 Å². The Morgan fingerprint density at radius 1 is 1.33 bits per heavy atom. The zero-order chi connectivity index (χ0) is 14.0. The van der Waals surface area contributed by atoms with Gasteiger partial charge in [0.1, 0.15) is 0 Å². The minimum Gasteiger partial charge on any atom is -0.355 e. The van der Waals surface area contributed by atoms with Crippen LogP contribution >= 0.6 is 0 Å². The van der Waals surface area contributed by atoms with Gasteiger partial charge in [0.25, 0.3) is 0 Å². The summed E-state index contributed by atoms with van der Waals surface area (Å²) in [4.78, 5) is 11.6. The van der Waals surface area contributed by atoms with Crippen LogP contribution in [0.4, 0.5) is 0 Å². The van der Waals surface area contributed by atoms with Gasteiger partial charge < -0.3 is 10.6 Å². The van der Waals surface area contributed by atoms with Crippen LogP contribution in [0, 0.1) is 16.7 Å². The quantitative estimate of drug-likeness (QED) is 0.619. The lowest BCUT2D eigenvalue weighted by Crippen LogP contribution is -2.42. The number of nitrogens with zero attached hydrogens (tertiary/aromatic N) is 1. The van der Waals surface area contributed by atoms with Crippen LogP contribution in [-0.4, -0.2) is 25.0 Å². The van der Waals surface area contributed by atoms with Crippen LogP contribution in [0.2, 0.25) is 0 Å². The standard InChI is InChI=1S/C14H27N3O/c1-5-9-17-13(18)12(2)16-10-7-6-8-14(3,4)11-15/h12,16H,5-10H2,1-4H3,(H,17,18). The van der Waals surface area contributed by atoms with Crippen molar-refractivity contribution in [3.8, 4) is 6.07 Å². The van der Waals surface area contributed by atoms with Crippen molar-refractivity contribution in [2.45, 2.75) is 59.4 Å². The first-order valence-corrected chi connectivity index (χ1v) is 6.85. The van der Waals surface area contributed by atoms with Gasteiger partial charge in [-0.1, -0.05) is 13.3 Å². The van der Waals surface area contributed by atoms with Gasteiger partial charge in [0, 0.05) is 6.54 Å². The minimum absolute atomic E-state index is 0.0641. The fraction of sp³-hybridized carbons (Fsp3) is 0.857. The maximum absolute atomic E-state index is 11.6. The molecular weight excluding hydrogens is 226 g/mol. The molecule has 0 heterocycles. The van der Waals surface area contributed by atoms with Crippen molar-refractivity contribution in [3.05, 3.63) is 0 Å². The summed E-state index contributed by atoms with van der Waals surface area (Å²) in [5, 5.41) is 14.9. The molecule has 0 fully saturated rings. The highest BCUT2D eigenvalue weighted by molar-refractivity contribution is 5.81. The summed E-state index contributed by atoms with van der Waals surface area (Å²) in [7, 11) is 0. The van der Waals surface area contributed by atoms with E-state index in [4.69, 9.17) is 5.26 Å². The largest absolute Gasteiger partial charge is 0.355 e. The molecule has 4 nitrogen and oxygen atoms in total. The second kappa shape index (κ2) is 8.93. The third kappa shape index (κ3) is 8.08. The molecule has 0 aromatic heterocycles. The van der Waals surface area contributed by atoms with Crippen LogP contribution in [0.5, 0.6) is 0 Å². The number of hydrogen-bond acceptors (Lipinski definition) is 3. The summed E-state index contributed by atoms with van der Waals surface area (Å²) in [5.41, 5.74) is -0.232. The van der Waals surface area contributed by atoms with Crippen molar-refractivity contribution < 1.29 is 4.79 Å². The SMILES string of the molecule is CCCNC(=O)C(C)NCCCCC(C)(C)C#N. The molecule has 0 aliphatic rings. The van der Waals surface area contributed by atoms with Crippen molar-refractivity contribution >= 4 is 5.91 Å². The molecule has 0 radical (unpaired) electrons. The highest BCUT2D eigenvalue weighted by Crippen LogP contribution is 2.21. The predicted molar refractivity (Wildman–Crippen MR) is 74.0 cm³/mol. The molecule has 0 saturated heterocycles. The summed E-state index contributed by atoms with van der Waals surface area (Å²) in [5.74, 6) is 0.0641. The first kappa shape index (κ1) is 16.9. The van der Waals surface area contributed by atoms with Crippen molar-refractivity contribution in [2.75, 3.05) is 13.1 Å². The van der Waals surface area contributed by atoms with Gasteiger partial charge in [0.15, 0.2) is 0 Å². The zero-order valence-electron chi connectivity index (χ0n) is 12.2. The Labute approximate surface area is 111 Å². The van der Waals surface area contributed by atoms with E-state index < -0.39 is 0 Å². The fourth-order valence-electron chi connectivity index (χ4n) is 1.56. The molecule has 0 rings (SSSR count). The first-order valence-electron chi connectivity index (χ1n) is 6.85. The Kier molecular flexibility index (Phi) is 8.40. The van der Waals surface area contributed by atoms with Crippen LogP contribution in [-0.2, 0) is 4.79 Å². The van der Waals surface area contributed by atoms with Crippen molar-refractivity contribution in [2.24, 2.45) is 5.41 Å². The van der Waals surface area contributed by atoms with Gasteiger partial charge >= 0.3 is 0 Å². The molecule has 0 aromatic rings. The maximum Gasteiger partial charge on any atom is 0.236 e. The van der Waals surface area contributed by atoms with E-state index in [2.05, 4.69) is 16.7 Å². The molecule has 104 valence electrons. The average Bonchev–Trinajstić information content (AvgIpc) is 2.35. The van der Waals surface area contributed by atoms with Crippen LogP contribution in [0.25, 0.3) is 0 Å². The summed E-state index contributed by atoms with van der Waals surface area (Å²) in [6, 6.07) is 2.16. The summed E-state index contributed by atoms with van der Waals surface area (Å²) < 4.78 is 0. The van der Waals surface area contributed by atoms with E-state index in [1.165, 1.54) is 0 Å². The molecular formula is C14H27N3O. The molecule has 0 aliphatic heterocycles. The third-order valence-electron chi connectivity index (χ3n) is 2.92. The lowest BCUT2D eigenvalue weighted by atomic mass is 9.89.